The van der Waals surface area contributed by atoms with Gasteiger partial charge in [0, 0.05) is 24.8 Å². The van der Waals surface area contributed by atoms with E-state index in [9.17, 15) is 14.7 Å². The predicted octanol–water partition coefficient (Wildman–Crippen LogP) is 1.02. The number of carbonyl (C=O) groups is 2. The molecule has 1 saturated carbocycles. The van der Waals surface area contributed by atoms with Crippen molar-refractivity contribution in [1.82, 2.24) is 4.90 Å². The number of rotatable bonds is 3. The highest BCUT2D eigenvalue weighted by atomic mass is 16.3. The molecule has 0 unspecified atom stereocenters. The van der Waals surface area contributed by atoms with Crippen molar-refractivity contribution in [2.24, 2.45) is 5.92 Å². The zero-order chi connectivity index (χ0) is 14.3. The van der Waals surface area contributed by atoms with Gasteiger partial charge in [0.25, 0.3) is 5.91 Å². The van der Waals surface area contributed by atoms with Crippen molar-refractivity contribution in [3.8, 4) is 0 Å². The summed E-state index contributed by atoms with van der Waals surface area (Å²) in [6, 6.07) is 5.35. The van der Waals surface area contributed by atoms with Gasteiger partial charge in [-0.15, -0.1) is 0 Å². The van der Waals surface area contributed by atoms with Crippen LogP contribution in [0.2, 0.25) is 0 Å². The maximum atomic E-state index is 12.3. The van der Waals surface area contributed by atoms with Crippen LogP contribution in [-0.4, -0.2) is 41.5 Å². The summed E-state index contributed by atoms with van der Waals surface area (Å²) < 4.78 is 0. The van der Waals surface area contributed by atoms with E-state index in [4.69, 9.17) is 0 Å². The molecule has 106 valence electrons. The average molecular weight is 274 g/mol. The van der Waals surface area contributed by atoms with E-state index in [1.807, 2.05) is 6.07 Å². The summed E-state index contributed by atoms with van der Waals surface area (Å²) in [4.78, 5) is 25.3. The molecule has 0 atom stereocenters. The molecule has 2 aliphatic rings. The standard InChI is InChI=1S/C15H18N2O3/c1-17(8-9-4-12(18)5-9)15(20)11-3-2-10-7-14(19)16-13(10)6-11/h2-3,6,9,12,18H,4-5,7-8H2,1H3,(H,16,19). The van der Waals surface area contributed by atoms with Crippen molar-refractivity contribution in [1.29, 1.82) is 0 Å². The predicted molar refractivity (Wildman–Crippen MR) is 74.5 cm³/mol. The molecule has 1 aliphatic heterocycles. The molecule has 0 radical (unpaired) electrons. The Bertz CT molecular complexity index is 564. The van der Waals surface area contributed by atoms with Crippen LogP contribution in [0.3, 0.4) is 0 Å². The van der Waals surface area contributed by atoms with E-state index in [0.29, 0.717) is 24.4 Å². The first-order valence-corrected chi connectivity index (χ1v) is 6.89. The quantitative estimate of drug-likeness (QED) is 0.864. The third-order valence-corrected chi connectivity index (χ3v) is 4.07. The smallest absolute Gasteiger partial charge is 0.253 e. The van der Waals surface area contributed by atoms with Gasteiger partial charge in [0.1, 0.15) is 0 Å². The van der Waals surface area contributed by atoms with Gasteiger partial charge in [0.15, 0.2) is 0 Å². The molecule has 0 spiro atoms. The Morgan fingerprint density at radius 1 is 1.45 bits per heavy atom. The number of hydrogen-bond acceptors (Lipinski definition) is 3. The van der Waals surface area contributed by atoms with E-state index in [1.54, 1.807) is 24.1 Å². The number of hydrogen-bond donors (Lipinski definition) is 2. The Balaban J connectivity index is 1.68. The van der Waals surface area contributed by atoms with E-state index in [0.717, 1.165) is 24.1 Å². The minimum absolute atomic E-state index is 0.0265. The molecule has 1 fully saturated rings. The number of nitrogens with zero attached hydrogens (tertiary/aromatic N) is 1. The molecule has 20 heavy (non-hydrogen) atoms. The van der Waals surface area contributed by atoms with Gasteiger partial charge < -0.3 is 15.3 Å². The second kappa shape index (κ2) is 4.90. The number of nitrogens with one attached hydrogen (secondary N) is 1. The first-order valence-electron chi connectivity index (χ1n) is 6.89. The number of anilines is 1. The van der Waals surface area contributed by atoms with Crippen LogP contribution in [0.25, 0.3) is 0 Å². The van der Waals surface area contributed by atoms with E-state index in [1.165, 1.54) is 0 Å². The first kappa shape index (κ1) is 13.1. The summed E-state index contributed by atoms with van der Waals surface area (Å²) >= 11 is 0. The van der Waals surface area contributed by atoms with Crippen LogP contribution in [0.4, 0.5) is 5.69 Å². The summed E-state index contributed by atoms with van der Waals surface area (Å²) in [7, 11) is 1.78. The Morgan fingerprint density at radius 2 is 2.20 bits per heavy atom. The van der Waals surface area contributed by atoms with Gasteiger partial charge in [-0.3, -0.25) is 9.59 Å². The minimum atomic E-state index is -0.196. The van der Waals surface area contributed by atoms with Gasteiger partial charge in [0.2, 0.25) is 5.91 Å². The van der Waals surface area contributed by atoms with Crippen LogP contribution in [0, 0.1) is 5.92 Å². The fraction of sp³-hybridized carbons (Fsp3) is 0.467. The van der Waals surface area contributed by atoms with Gasteiger partial charge in [-0.2, -0.15) is 0 Å². The number of fused-ring (bicyclic) bond motifs is 1. The van der Waals surface area contributed by atoms with Crippen LogP contribution in [0.5, 0.6) is 0 Å². The van der Waals surface area contributed by atoms with Crippen molar-refractivity contribution >= 4 is 17.5 Å². The van der Waals surface area contributed by atoms with Gasteiger partial charge in [0.05, 0.1) is 12.5 Å². The molecule has 2 amide bonds. The van der Waals surface area contributed by atoms with Crippen LogP contribution < -0.4 is 5.32 Å². The Morgan fingerprint density at radius 3 is 2.90 bits per heavy atom. The lowest BCUT2D eigenvalue weighted by molar-refractivity contribution is -0.115. The molecule has 5 heteroatoms. The minimum Gasteiger partial charge on any atom is -0.393 e. The molecule has 1 heterocycles. The second-order valence-electron chi connectivity index (χ2n) is 5.77. The zero-order valence-corrected chi connectivity index (χ0v) is 11.4. The van der Waals surface area contributed by atoms with Crippen LogP contribution in [-0.2, 0) is 11.2 Å². The zero-order valence-electron chi connectivity index (χ0n) is 11.4. The largest absolute Gasteiger partial charge is 0.393 e. The highest BCUT2D eigenvalue weighted by Crippen LogP contribution is 2.28. The van der Waals surface area contributed by atoms with Crippen molar-refractivity contribution < 1.29 is 14.7 Å². The molecule has 2 N–H and O–H groups in total. The molecular weight excluding hydrogens is 256 g/mol. The Kier molecular flexibility index (Phi) is 3.22. The SMILES string of the molecule is CN(CC1CC(O)C1)C(=O)c1ccc2c(c1)NC(=O)C2. The number of benzene rings is 1. The fourth-order valence-electron chi connectivity index (χ4n) is 2.89. The summed E-state index contributed by atoms with van der Waals surface area (Å²) in [5, 5.41) is 12.0. The van der Waals surface area contributed by atoms with Crippen LogP contribution >= 0.6 is 0 Å². The third kappa shape index (κ3) is 2.41. The van der Waals surface area contributed by atoms with E-state index in [-0.39, 0.29) is 17.9 Å². The van der Waals surface area contributed by atoms with Crippen LogP contribution in [0.15, 0.2) is 18.2 Å². The highest BCUT2D eigenvalue weighted by molar-refractivity contribution is 6.02. The second-order valence-corrected chi connectivity index (χ2v) is 5.77. The van der Waals surface area contributed by atoms with Crippen molar-refractivity contribution in [3.05, 3.63) is 29.3 Å². The Hall–Kier alpha value is -1.88. The van der Waals surface area contributed by atoms with Gasteiger partial charge in [-0.05, 0) is 36.5 Å². The molecule has 1 aliphatic carbocycles. The molecule has 1 aromatic rings. The lowest BCUT2D eigenvalue weighted by atomic mass is 9.82. The van der Waals surface area contributed by atoms with Gasteiger partial charge in [-0.25, -0.2) is 0 Å². The molecular formula is C15H18N2O3. The van der Waals surface area contributed by atoms with E-state index in [2.05, 4.69) is 5.32 Å². The number of amides is 2. The third-order valence-electron chi connectivity index (χ3n) is 4.07. The maximum Gasteiger partial charge on any atom is 0.253 e. The number of aliphatic hydroxyl groups is 1. The molecule has 3 rings (SSSR count). The lowest BCUT2D eigenvalue weighted by Gasteiger charge is -2.34. The summed E-state index contributed by atoms with van der Waals surface area (Å²) in [5.74, 6) is 0.324. The lowest BCUT2D eigenvalue weighted by Crippen LogP contribution is -2.39. The van der Waals surface area contributed by atoms with Crippen molar-refractivity contribution in [3.63, 3.8) is 0 Å². The fourth-order valence-corrected chi connectivity index (χ4v) is 2.89. The maximum absolute atomic E-state index is 12.3. The van der Waals surface area contributed by atoms with E-state index < -0.39 is 0 Å². The number of carbonyl (C=O) groups excluding carboxylic acids is 2. The average Bonchev–Trinajstić information content (AvgIpc) is 2.74. The normalized spacial score (nSPS) is 23.8. The topological polar surface area (TPSA) is 69.6 Å². The number of aliphatic hydroxyl groups excluding tert-OH is 1. The van der Waals surface area contributed by atoms with Crippen molar-refractivity contribution in [2.75, 3.05) is 18.9 Å². The van der Waals surface area contributed by atoms with Gasteiger partial charge in [-0.1, -0.05) is 6.07 Å². The molecule has 1 aromatic carbocycles. The van der Waals surface area contributed by atoms with E-state index >= 15 is 0 Å². The van der Waals surface area contributed by atoms with Crippen molar-refractivity contribution in [2.45, 2.75) is 25.4 Å². The summed E-state index contributed by atoms with van der Waals surface area (Å²) in [6.07, 6.45) is 1.74. The monoisotopic (exact) mass is 274 g/mol. The first-order chi connectivity index (χ1) is 9.52. The molecule has 0 saturated heterocycles. The summed E-state index contributed by atoms with van der Waals surface area (Å²) in [6.45, 7) is 0.666. The summed E-state index contributed by atoms with van der Waals surface area (Å²) in [5.41, 5.74) is 2.28. The molecule has 5 nitrogen and oxygen atoms in total. The molecule has 0 aromatic heterocycles. The highest BCUT2D eigenvalue weighted by Gasteiger charge is 2.29. The Labute approximate surface area is 117 Å². The van der Waals surface area contributed by atoms with Crippen LogP contribution in [0.1, 0.15) is 28.8 Å². The molecule has 0 bridgehead atoms. The van der Waals surface area contributed by atoms with Gasteiger partial charge >= 0.3 is 0 Å².